The van der Waals surface area contributed by atoms with Gasteiger partial charge in [-0.1, -0.05) is 24.8 Å². The Kier molecular flexibility index (Phi) is 2.41. The van der Waals surface area contributed by atoms with Crippen LogP contribution in [0.4, 0.5) is 0 Å². The van der Waals surface area contributed by atoms with E-state index in [-0.39, 0.29) is 0 Å². The third-order valence-electron chi connectivity index (χ3n) is 1.90. The Hall–Kier alpha value is -1.89. The molecule has 0 aromatic heterocycles. The van der Waals surface area contributed by atoms with Gasteiger partial charge in [-0.15, -0.1) is 0 Å². The van der Waals surface area contributed by atoms with Gasteiger partial charge in [0, 0.05) is 24.3 Å². The molecule has 1 aliphatic carbocycles. The molecule has 68 valence electrons. The number of hydrogen-bond acceptors (Lipinski definition) is 0. The molecule has 0 heterocycles. The van der Waals surface area contributed by atoms with Crippen LogP contribution >= 0.6 is 0 Å². The zero-order valence-electron chi connectivity index (χ0n) is 7.81. The number of carbonyl (C=O) groups excluding carboxylic acids is 1. The highest BCUT2D eigenvalue weighted by atomic mass is 16.4. The van der Waals surface area contributed by atoms with E-state index < -0.39 is 0 Å². The summed E-state index contributed by atoms with van der Waals surface area (Å²) in [5.74, 6) is 1.69. The molecular weight excluding hydrogens is 172 g/mol. The minimum atomic E-state index is 0.837. The maximum atomic E-state index is 5.61. The van der Waals surface area contributed by atoms with Gasteiger partial charge in [0.2, 0.25) is 0 Å². The van der Waals surface area contributed by atoms with Gasteiger partial charge in [0.05, 0.1) is 0 Å². The first-order valence-electron chi connectivity index (χ1n) is 4.49. The van der Waals surface area contributed by atoms with Gasteiger partial charge in [-0.05, 0) is 17.7 Å². The molecule has 14 heavy (non-hydrogen) atoms. The molecule has 2 rings (SSSR count). The molecule has 0 radical (unpaired) electrons. The zero-order chi connectivity index (χ0) is 9.80. The van der Waals surface area contributed by atoms with Crippen LogP contribution in [0.1, 0.15) is 0 Å². The number of allylic oxidation sites excluding steroid dienone is 5. The Morgan fingerprint density at radius 2 is 1.50 bits per heavy atom. The number of para-hydroxylation sites is 1. The molecule has 1 aliphatic rings. The van der Waals surface area contributed by atoms with Crippen LogP contribution in [0.2, 0.25) is 0 Å². The maximum Gasteiger partial charge on any atom is 0.353 e. The van der Waals surface area contributed by atoms with E-state index in [0.717, 1.165) is 17.1 Å². The van der Waals surface area contributed by atoms with Crippen molar-refractivity contribution in [1.82, 2.24) is 0 Å². The Bertz CT molecular complexity index is 404. The van der Waals surface area contributed by atoms with Crippen molar-refractivity contribution in [1.29, 1.82) is 0 Å². The summed E-state index contributed by atoms with van der Waals surface area (Å²) in [4.78, 5) is 0. The van der Waals surface area contributed by atoms with Crippen molar-refractivity contribution < 1.29 is 4.42 Å². The van der Waals surface area contributed by atoms with Gasteiger partial charge in [-0.2, -0.15) is 0 Å². The summed E-state index contributed by atoms with van der Waals surface area (Å²) < 4.78 is 5.61. The Labute approximate surface area is 83.4 Å². The summed E-state index contributed by atoms with van der Waals surface area (Å²) in [6.45, 7) is 3.81. The largest absolute Gasteiger partial charge is 0.353 e. The predicted molar refractivity (Wildman–Crippen MR) is 58.3 cm³/mol. The first kappa shape index (κ1) is 8.70. The summed E-state index contributed by atoms with van der Waals surface area (Å²) >= 11 is 0. The van der Waals surface area contributed by atoms with Crippen LogP contribution in [0.5, 0.6) is 5.75 Å². The lowest BCUT2D eigenvalue weighted by Crippen LogP contribution is -1.94. The fourth-order valence-electron chi connectivity index (χ4n) is 1.18. The van der Waals surface area contributed by atoms with E-state index in [4.69, 9.17) is 4.42 Å². The summed E-state index contributed by atoms with van der Waals surface area (Å²) in [7, 11) is 0. The lowest BCUT2D eigenvalue weighted by molar-refractivity contribution is -0.364. The van der Waals surface area contributed by atoms with Gasteiger partial charge in [0.15, 0.2) is 0 Å². The fourth-order valence-corrected chi connectivity index (χ4v) is 1.18. The molecule has 1 aromatic carbocycles. The van der Waals surface area contributed by atoms with E-state index >= 15 is 0 Å². The van der Waals surface area contributed by atoms with Crippen molar-refractivity contribution >= 4 is 5.78 Å². The highest BCUT2D eigenvalue weighted by Crippen LogP contribution is 2.11. The third kappa shape index (κ3) is 2.07. The smallest absolute Gasteiger partial charge is 0.208 e. The van der Waals surface area contributed by atoms with Crippen molar-refractivity contribution in [3.05, 3.63) is 66.8 Å². The monoisotopic (exact) mass is 183 g/mol. The van der Waals surface area contributed by atoms with Crippen LogP contribution in [0, 0.1) is 0 Å². The molecule has 0 bridgehead atoms. The summed E-state index contributed by atoms with van der Waals surface area (Å²) in [6, 6.07) is 9.72. The van der Waals surface area contributed by atoms with Crippen LogP contribution in [0.25, 0.3) is 0 Å². The van der Waals surface area contributed by atoms with Crippen molar-refractivity contribution in [3.8, 4) is 5.75 Å². The quantitative estimate of drug-likeness (QED) is 0.592. The first-order chi connectivity index (χ1) is 6.84. The van der Waals surface area contributed by atoms with E-state index in [9.17, 15) is 0 Å². The molecule has 0 saturated carbocycles. The third-order valence-corrected chi connectivity index (χ3v) is 1.90. The molecule has 1 heteroatoms. The van der Waals surface area contributed by atoms with Crippen LogP contribution < -0.4 is 0 Å². The molecule has 0 spiro atoms. The molecule has 0 fully saturated rings. The second kappa shape index (κ2) is 3.88. The fraction of sp³-hybridized carbons (Fsp3) is 0. The highest BCUT2D eigenvalue weighted by Gasteiger charge is 2.08. The minimum absolute atomic E-state index is 0.837. The molecule has 0 aliphatic heterocycles. The van der Waals surface area contributed by atoms with Gasteiger partial charge < -0.3 is 0 Å². The van der Waals surface area contributed by atoms with E-state index in [1.165, 1.54) is 0 Å². The maximum absolute atomic E-state index is 5.61. The van der Waals surface area contributed by atoms with Crippen LogP contribution in [0.3, 0.4) is 0 Å². The molecule has 0 atom stereocenters. The molecule has 0 amide bonds. The second-order valence-corrected chi connectivity index (χ2v) is 3.06. The number of ketones is 1. The number of rotatable bonds is 1. The zero-order valence-corrected chi connectivity index (χ0v) is 7.81. The van der Waals surface area contributed by atoms with E-state index in [1.807, 2.05) is 54.6 Å². The van der Waals surface area contributed by atoms with Crippen molar-refractivity contribution in [3.63, 3.8) is 0 Å². The van der Waals surface area contributed by atoms with Crippen LogP contribution in [0.15, 0.2) is 66.8 Å². The van der Waals surface area contributed by atoms with Gasteiger partial charge >= 0.3 is 11.5 Å². The number of benzene rings is 1. The van der Waals surface area contributed by atoms with Gasteiger partial charge in [0.1, 0.15) is 0 Å². The van der Waals surface area contributed by atoms with Crippen molar-refractivity contribution in [2.45, 2.75) is 0 Å². The SMILES string of the molecule is C=C1C=CC(=[O+]c2ccccc2)C=C1. The topological polar surface area (TPSA) is 11.3 Å². The van der Waals surface area contributed by atoms with E-state index in [0.29, 0.717) is 0 Å². The van der Waals surface area contributed by atoms with Gasteiger partial charge in [-0.25, -0.2) is 4.42 Å². The standard InChI is InChI=1S/C13H11O/c1-11-7-9-13(10-8-11)14-12-5-3-2-4-6-12/h2-10H,1H2/q+1. The lowest BCUT2D eigenvalue weighted by Gasteiger charge is -1.91. The first-order valence-corrected chi connectivity index (χ1v) is 4.49. The molecule has 1 nitrogen and oxygen atoms in total. The Morgan fingerprint density at radius 3 is 2.14 bits per heavy atom. The summed E-state index contributed by atoms with van der Waals surface area (Å²) in [5.41, 5.74) is 0.991. The Balaban J connectivity index is 2.25. The highest BCUT2D eigenvalue weighted by molar-refractivity contribution is 6.01. The average Bonchev–Trinajstić information content (AvgIpc) is 2.23. The minimum Gasteiger partial charge on any atom is -0.208 e. The molecule has 0 unspecified atom stereocenters. The lowest BCUT2D eigenvalue weighted by atomic mass is 10.1. The molecular formula is C13H11O+. The predicted octanol–water partition coefficient (Wildman–Crippen LogP) is 3.19. The summed E-state index contributed by atoms with van der Waals surface area (Å²) in [6.07, 6.45) is 7.68. The van der Waals surface area contributed by atoms with E-state index in [2.05, 4.69) is 6.58 Å². The van der Waals surface area contributed by atoms with Crippen LogP contribution in [-0.2, 0) is 4.42 Å². The van der Waals surface area contributed by atoms with Crippen LogP contribution in [-0.4, -0.2) is 5.78 Å². The normalized spacial score (nSPS) is 14.6. The molecule has 1 aromatic rings. The Morgan fingerprint density at radius 1 is 0.857 bits per heavy atom. The van der Waals surface area contributed by atoms with Gasteiger partial charge in [-0.3, -0.25) is 0 Å². The van der Waals surface area contributed by atoms with Crippen molar-refractivity contribution in [2.75, 3.05) is 0 Å². The average molecular weight is 183 g/mol. The summed E-state index contributed by atoms with van der Waals surface area (Å²) in [5, 5.41) is 0. The molecule has 0 saturated heterocycles. The second-order valence-electron chi connectivity index (χ2n) is 3.06. The van der Waals surface area contributed by atoms with E-state index in [1.54, 1.807) is 0 Å². The van der Waals surface area contributed by atoms with Gasteiger partial charge in [0.25, 0.3) is 0 Å². The molecule has 0 N–H and O–H groups in total. The van der Waals surface area contributed by atoms with Crippen molar-refractivity contribution in [2.24, 2.45) is 0 Å². The number of hydrogen-bond donors (Lipinski definition) is 0.